The first-order valence-corrected chi connectivity index (χ1v) is 17.2. The van der Waals surface area contributed by atoms with E-state index >= 15 is 0 Å². The van der Waals surface area contributed by atoms with Crippen LogP contribution in [0.5, 0.6) is 11.5 Å². The molecule has 4 nitrogen and oxygen atoms in total. The van der Waals surface area contributed by atoms with E-state index in [4.69, 9.17) is 9.47 Å². The minimum Gasteiger partial charge on any atom is -0.489 e. The third-order valence-electron chi connectivity index (χ3n) is 7.58. The van der Waals surface area contributed by atoms with Crippen molar-refractivity contribution in [2.45, 2.75) is 110 Å². The molecule has 0 spiro atoms. The molecule has 4 rings (SSSR count). The number of benzene rings is 1. The molecule has 0 saturated carbocycles. The predicted molar refractivity (Wildman–Crippen MR) is 168 cm³/mol. The first-order chi connectivity index (χ1) is 20.3. The summed E-state index contributed by atoms with van der Waals surface area (Å²) >= 11 is 2.90. The van der Waals surface area contributed by atoms with Crippen molar-refractivity contribution in [3.8, 4) is 32.4 Å². The number of halogens is 3. The van der Waals surface area contributed by atoms with E-state index in [9.17, 15) is 13.2 Å². The highest BCUT2D eigenvalue weighted by atomic mass is 32.1. The molecule has 0 saturated heterocycles. The first-order valence-electron chi connectivity index (χ1n) is 15.4. The third kappa shape index (κ3) is 7.76. The fourth-order valence-corrected chi connectivity index (χ4v) is 6.71. The topological polar surface area (TPSA) is 43.2 Å². The maximum Gasteiger partial charge on any atom is 0.433 e. The predicted octanol–water partition coefficient (Wildman–Crippen LogP) is 10.2. The zero-order chi connectivity index (χ0) is 30.0. The van der Waals surface area contributed by atoms with Crippen LogP contribution < -0.4 is 20.2 Å². The molecule has 3 heterocycles. The zero-order valence-corrected chi connectivity index (χ0v) is 26.7. The van der Waals surface area contributed by atoms with E-state index < -0.39 is 11.8 Å². The van der Waals surface area contributed by atoms with Crippen molar-refractivity contribution in [1.29, 1.82) is 0 Å². The standard InChI is InChI=1S/C33H43F3N2O2S2/c1-4-6-8-10-12-14-20-39-30-26(24-18-16-22-41-24)28-29(38-32(3,37-28)33(34,35)36)27(25-19-17-23-42-25)31(30)40-21-15-13-11-9-7-5-2/h16-19,22-23H,4-15,20-21H2,1-3H3. The van der Waals surface area contributed by atoms with Crippen molar-refractivity contribution < 1.29 is 22.6 Å². The van der Waals surface area contributed by atoms with Gasteiger partial charge < -0.3 is 9.47 Å². The van der Waals surface area contributed by atoms with Gasteiger partial charge in [-0.3, -0.25) is 0 Å². The lowest BCUT2D eigenvalue weighted by molar-refractivity contribution is -0.177. The van der Waals surface area contributed by atoms with E-state index in [2.05, 4.69) is 23.8 Å². The van der Waals surface area contributed by atoms with Crippen LogP contribution in [0.15, 0.2) is 45.0 Å². The third-order valence-corrected chi connectivity index (χ3v) is 9.35. The summed E-state index contributed by atoms with van der Waals surface area (Å²) in [5.74, 6) is 0.953. The van der Waals surface area contributed by atoms with Gasteiger partial charge in [0.1, 0.15) is 0 Å². The molecule has 0 atom stereocenters. The number of unbranched alkanes of at least 4 members (excludes halogenated alkanes) is 10. The summed E-state index contributed by atoms with van der Waals surface area (Å²) in [5, 5.41) is 4.28. The fraction of sp³-hybridized carbons (Fsp3) is 0.576. The minimum atomic E-state index is -4.65. The van der Waals surface area contributed by atoms with E-state index in [1.807, 2.05) is 35.0 Å². The Labute approximate surface area is 255 Å². The van der Waals surface area contributed by atoms with Crippen LogP contribution in [0.3, 0.4) is 0 Å². The van der Waals surface area contributed by atoms with Gasteiger partial charge in [-0.2, -0.15) is 13.2 Å². The van der Waals surface area contributed by atoms with Gasteiger partial charge in [0.05, 0.1) is 35.1 Å². The van der Waals surface area contributed by atoms with Crippen LogP contribution in [-0.2, 0) is 0 Å². The van der Waals surface area contributed by atoms with Crippen LogP contribution in [0.4, 0.5) is 13.2 Å². The number of alkyl halides is 3. The molecule has 0 amide bonds. The summed E-state index contributed by atoms with van der Waals surface area (Å²) in [5.41, 5.74) is -1.50. The summed E-state index contributed by atoms with van der Waals surface area (Å²) in [7, 11) is 0. The monoisotopic (exact) mass is 620 g/mol. The molecule has 230 valence electrons. The maximum absolute atomic E-state index is 14.4. The highest BCUT2D eigenvalue weighted by Crippen LogP contribution is 2.46. The average Bonchev–Trinajstić information content (AvgIpc) is 3.73. The lowest BCUT2D eigenvalue weighted by Gasteiger charge is -2.20. The number of nitrogens with zero attached hydrogens (tertiary/aromatic N) is 2. The number of hydrogen-bond donors (Lipinski definition) is 0. The van der Waals surface area contributed by atoms with Crippen molar-refractivity contribution in [3.05, 3.63) is 45.7 Å². The van der Waals surface area contributed by atoms with Crippen LogP contribution in [0.2, 0.25) is 0 Å². The number of hydrogen-bond acceptors (Lipinski definition) is 6. The first kappa shape index (κ1) is 32.5. The second-order valence-electron chi connectivity index (χ2n) is 11.0. The molecule has 0 radical (unpaired) electrons. The maximum atomic E-state index is 14.4. The Hall–Kier alpha value is -2.39. The molecule has 0 aliphatic carbocycles. The highest BCUT2D eigenvalue weighted by Gasteiger charge is 2.53. The SMILES string of the molecule is CCCCCCCCOc1c(OCCCCCCCC)c(-c2cccs2)c2c(c1-c1cccs1)=NC(C)(C(F)(F)F)N=2. The van der Waals surface area contributed by atoms with Gasteiger partial charge in [-0.15, -0.1) is 22.7 Å². The Morgan fingerprint density at radius 3 is 1.43 bits per heavy atom. The van der Waals surface area contributed by atoms with E-state index in [0.717, 1.165) is 55.2 Å². The quantitative estimate of drug-likeness (QED) is 0.133. The summed E-state index contributed by atoms with van der Waals surface area (Å²) < 4.78 is 56.2. The van der Waals surface area contributed by atoms with Crippen molar-refractivity contribution in [1.82, 2.24) is 0 Å². The Kier molecular flexibility index (Phi) is 11.9. The molecule has 0 N–H and O–H groups in total. The van der Waals surface area contributed by atoms with Crippen LogP contribution in [-0.4, -0.2) is 25.1 Å². The molecule has 1 aromatic carbocycles. The molecular formula is C33H43F3N2O2S2. The van der Waals surface area contributed by atoms with Crippen LogP contribution >= 0.6 is 22.7 Å². The Bertz CT molecular complexity index is 1270. The summed E-state index contributed by atoms with van der Waals surface area (Å²) in [6.45, 7) is 6.34. The fourth-order valence-electron chi connectivity index (χ4n) is 5.17. The normalized spacial score (nSPS) is 14.0. The van der Waals surface area contributed by atoms with Crippen molar-refractivity contribution in [3.63, 3.8) is 0 Å². The van der Waals surface area contributed by atoms with Crippen molar-refractivity contribution in [2.24, 2.45) is 9.98 Å². The Morgan fingerprint density at radius 1 is 0.667 bits per heavy atom. The number of rotatable bonds is 18. The van der Waals surface area contributed by atoms with Crippen molar-refractivity contribution in [2.75, 3.05) is 13.2 Å². The zero-order valence-electron chi connectivity index (χ0n) is 25.0. The summed E-state index contributed by atoms with van der Waals surface area (Å²) in [6, 6.07) is 7.59. The minimum absolute atomic E-state index is 0.227. The average molecular weight is 621 g/mol. The molecule has 2 aromatic heterocycles. The van der Waals surface area contributed by atoms with Crippen LogP contribution in [0.1, 0.15) is 97.8 Å². The number of ether oxygens (including phenoxy) is 2. The molecule has 9 heteroatoms. The van der Waals surface area contributed by atoms with Gasteiger partial charge in [0.15, 0.2) is 11.5 Å². The van der Waals surface area contributed by atoms with Gasteiger partial charge in [-0.25, -0.2) is 9.98 Å². The number of thiophene rings is 2. The highest BCUT2D eigenvalue weighted by molar-refractivity contribution is 7.14. The second kappa shape index (κ2) is 15.4. The second-order valence-corrected chi connectivity index (χ2v) is 12.9. The molecule has 0 bridgehead atoms. The van der Waals surface area contributed by atoms with Crippen LogP contribution in [0, 0.1) is 0 Å². The van der Waals surface area contributed by atoms with Gasteiger partial charge in [0.25, 0.3) is 0 Å². The Balaban J connectivity index is 1.81. The van der Waals surface area contributed by atoms with Crippen LogP contribution in [0.25, 0.3) is 20.9 Å². The molecule has 0 fully saturated rings. The van der Waals surface area contributed by atoms with Gasteiger partial charge in [-0.05, 0) is 42.7 Å². The molecule has 0 unspecified atom stereocenters. The van der Waals surface area contributed by atoms with Gasteiger partial charge >= 0.3 is 6.18 Å². The molecular weight excluding hydrogens is 578 g/mol. The summed E-state index contributed by atoms with van der Waals surface area (Å²) in [6.07, 6.45) is 8.63. The lowest BCUT2D eigenvalue weighted by Crippen LogP contribution is -2.38. The van der Waals surface area contributed by atoms with E-state index in [1.165, 1.54) is 61.2 Å². The van der Waals surface area contributed by atoms with E-state index in [-0.39, 0.29) is 10.7 Å². The van der Waals surface area contributed by atoms with Gasteiger partial charge in [0.2, 0.25) is 5.66 Å². The van der Waals surface area contributed by atoms with Crippen molar-refractivity contribution >= 4 is 22.7 Å². The molecule has 1 aliphatic rings. The number of fused-ring (bicyclic) bond motifs is 1. The van der Waals surface area contributed by atoms with Gasteiger partial charge in [0, 0.05) is 9.75 Å². The largest absolute Gasteiger partial charge is 0.489 e. The van der Waals surface area contributed by atoms with E-state index in [1.54, 1.807) is 0 Å². The Morgan fingerprint density at radius 2 is 1.07 bits per heavy atom. The molecule has 42 heavy (non-hydrogen) atoms. The molecule has 1 aliphatic heterocycles. The molecule has 3 aromatic rings. The lowest BCUT2D eigenvalue weighted by atomic mass is 10.0. The summed E-state index contributed by atoms with van der Waals surface area (Å²) in [4.78, 5) is 10.1. The smallest absolute Gasteiger partial charge is 0.433 e. The van der Waals surface area contributed by atoms with E-state index in [0.29, 0.717) is 35.8 Å². The van der Waals surface area contributed by atoms with Gasteiger partial charge in [-0.1, -0.05) is 90.2 Å².